The fraction of sp³-hybridized carbons (Fsp3) is 0.423. The van der Waals surface area contributed by atoms with Gasteiger partial charge in [-0.25, -0.2) is 9.97 Å². The molecule has 11 heteroatoms. The number of rotatable bonds is 5. The van der Waals surface area contributed by atoms with E-state index in [-0.39, 0.29) is 11.6 Å². The first-order valence-electron chi connectivity index (χ1n) is 12.7. The molecule has 1 N–H and O–H groups in total. The highest BCUT2D eigenvalue weighted by Crippen LogP contribution is 2.35. The van der Waals surface area contributed by atoms with Crippen LogP contribution in [0.15, 0.2) is 35.1 Å². The summed E-state index contributed by atoms with van der Waals surface area (Å²) in [5.41, 5.74) is 3.22. The molecule has 6 heterocycles. The lowest BCUT2D eigenvalue weighted by atomic mass is 10.2. The third kappa shape index (κ3) is 5.14. The van der Waals surface area contributed by atoms with Crippen molar-refractivity contribution in [1.29, 1.82) is 0 Å². The number of amides is 1. The molecule has 0 atom stereocenters. The van der Waals surface area contributed by atoms with Gasteiger partial charge in [0.15, 0.2) is 22.3 Å². The van der Waals surface area contributed by atoms with Gasteiger partial charge in [-0.3, -0.25) is 9.78 Å². The van der Waals surface area contributed by atoms with Gasteiger partial charge >= 0.3 is 0 Å². The summed E-state index contributed by atoms with van der Waals surface area (Å²) in [5, 5.41) is 4.00. The van der Waals surface area contributed by atoms with E-state index in [9.17, 15) is 4.79 Å². The summed E-state index contributed by atoms with van der Waals surface area (Å²) >= 11 is 1.59. The van der Waals surface area contributed by atoms with E-state index < -0.39 is 0 Å². The number of oxazole rings is 1. The minimum atomic E-state index is -0.337. The zero-order valence-electron chi connectivity index (χ0n) is 20.8. The minimum Gasteiger partial charge on any atom is -0.444 e. The second-order valence-corrected chi connectivity index (χ2v) is 10.4. The van der Waals surface area contributed by atoms with Crippen molar-refractivity contribution in [2.75, 3.05) is 54.5 Å². The molecule has 0 bridgehead atoms. The number of anilines is 3. The molecule has 2 saturated heterocycles. The minimum absolute atomic E-state index is 0.213. The van der Waals surface area contributed by atoms with Crippen LogP contribution in [0, 0.1) is 6.92 Å². The molecule has 0 aliphatic carbocycles. The van der Waals surface area contributed by atoms with Crippen molar-refractivity contribution in [3.05, 3.63) is 42.0 Å². The largest absolute Gasteiger partial charge is 0.444 e. The molecule has 0 spiro atoms. The monoisotopic (exact) mass is 519 g/mol. The summed E-state index contributed by atoms with van der Waals surface area (Å²) in [6.45, 7) is 6.72. The summed E-state index contributed by atoms with van der Waals surface area (Å²) in [4.78, 5) is 36.2. The summed E-state index contributed by atoms with van der Waals surface area (Å²) < 4.78 is 12.0. The number of nitrogens with one attached hydrogen (secondary N) is 1. The molecule has 1 amide bonds. The average molecular weight is 520 g/mol. The number of morpholine rings is 1. The van der Waals surface area contributed by atoms with Crippen molar-refractivity contribution in [3.63, 3.8) is 0 Å². The summed E-state index contributed by atoms with van der Waals surface area (Å²) in [7, 11) is 0. The van der Waals surface area contributed by atoms with Crippen LogP contribution < -0.4 is 15.1 Å². The number of nitrogens with zero attached hydrogens (tertiary/aromatic N) is 6. The highest BCUT2D eigenvalue weighted by Gasteiger charge is 2.23. The third-order valence-corrected chi connectivity index (χ3v) is 7.72. The number of fused-ring (bicyclic) bond motifs is 1. The van der Waals surface area contributed by atoms with Crippen molar-refractivity contribution in [2.24, 2.45) is 0 Å². The van der Waals surface area contributed by atoms with E-state index in [0.717, 1.165) is 65.9 Å². The maximum atomic E-state index is 13.3. The molecule has 0 saturated carbocycles. The van der Waals surface area contributed by atoms with Gasteiger partial charge in [-0.05, 0) is 38.0 Å². The van der Waals surface area contributed by atoms with Crippen molar-refractivity contribution in [2.45, 2.75) is 32.6 Å². The van der Waals surface area contributed by atoms with Crippen molar-refractivity contribution >= 4 is 44.2 Å². The average Bonchev–Trinajstić information content (AvgIpc) is 3.49. The topological polar surface area (TPSA) is 110 Å². The Morgan fingerprint density at radius 1 is 1.00 bits per heavy atom. The second kappa shape index (κ2) is 10.4. The van der Waals surface area contributed by atoms with Gasteiger partial charge in [0.1, 0.15) is 6.26 Å². The van der Waals surface area contributed by atoms with Crippen LogP contribution in [0.4, 0.5) is 16.6 Å². The van der Waals surface area contributed by atoms with Crippen LogP contribution in [0.2, 0.25) is 0 Å². The Kier molecular flexibility index (Phi) is 6.71. The SMILES string of the molecule is Cc1cc(-c2nc(C(=O)Nc3cc4sc(N5CCOCC5)nc4nc3N3CCCCCC3)co2)ccn1. The highest BCUT2D eigenvalue weighted by atomic mass is 32.1. The number of hydrogen-bond acceptors (Lipinski definition) is 10. The maximum Gasteiger partial charge on any atom is 0.277 e. The first-order chi connectivity index (χ1) is 18.1. The molecule has 0 aromatic carbocycles. The lowest BCUT2D eigenvalue weighted by molar-refractivity contribution is 0.102. The molecular weight excluding hydrogens is 490 g/mol. The summed E-state index contributed by atoms with van der Waals surface area (Å²) in [6, 6.07) is 5.68. The smallest absolute Gasteiger partial charge is 0.277 e. The number of aryl methyl sites for hydroxylation is 1. The van der Waals surface area contributed by atoms with Gasteiger partial charge in [0.25, 0.3) is 5.91 Å². The molecule has 2 aliphatic rings. The Morgan fingerprint density at radius 3 is 2.59 bits per heavy atom. The molecule has 192 valence electrons. The van der Waals surface area contributed by atoms with E-state index in [2.05, 4.69) is 25.1 Å². The third-order valence-electron chi connectivity index (χ3n) is 6.67. The van der Waals surface area contributed by atoms with Crippen LogP contribution in [-0.4, -0.2) is 65.2 Å². The summed E-state index contributed by atoms with van der Waals surface area (Å²) in [6.07, 6.45) is 7.69. The van der Waals surface area contributed by atoms with E-state index in [4.69, 9.17) is 19.1 Å². The zero-order valence-corrected chi connectivity index (χ0v) is 21.6. The molecule has 2 fully saturated rings. The van der Waals surface area contributed by atoms with E-state index in [0.29, 0.717) is 30.4 Å². The van der Waals surface area contributed by atoms with Crippen LogP contribution in [0.5, 0.6) is 0 Å². The number of ether oxygens (including phenoxy) is 1. The zero-order chi connectivity index (χ0) is 25.2. The van der Waals surface area contributed by atoms with Gasteiger partial charge in [0.05, 0.1) is 23.6 Å². The normalized spacial score (nSPS) is 16.7. The number of pyridine rings is 2. The maximum absolute atomic E-state index is 13.3. The number of hydrogen-bond donors (Lipinski definition) is 1. The molecule has 4 aromatic rings. The number of aromatic nitrogens is 4. The standard InChI is InChI=1S/C26H29N7O3S/c1-17-14-18(6-7-27-17)25-29-20(16-36-25)24(34)28-19-15-21-22(30-23(19)32-8-4-2-3-5-9-32)31-26(37-21)33-10-12-35-13-11-33/h6-7,14-16H,2-5,8-13H2,1H3,(H,28,34). The quantitative estimate of drug-likeness (QED) is 0.407. The van der Waals surface area contributed by atoms with E-state index in [1.165, 1.54) is 19.1 Å². The number of carbonyl (C=O) groups is 1. The molecule has 2 aliphatic heterocycles. The first-order valence-corrected chi connectivity index (χ1v) is 13.5. The molecule has 10 nitrogen and oxygen atoms in total. The molecule has 0 radical (unpaired) electrons. The van der Waals surface area contributed by atoms with Crippen molar-refractivity contribution in [1.82, 2.24) is 19.9 Å². The van der Waals surface area contributed by atoms with Gasteiger partial charge in [-0.15, -0.1) is 0 Å². The van der Waals surface area contributed by atoms with Gasteiger partial charge < -0.3 is 24.3 Å². The predicted octanol–water partition coefficient (Wildman–Crippen LogP) is 4.52. The number of thiazole rings is 1. The number of carbonyl (C=O) groups excluding carboxylic acids is 1. The fourth-order valence-electron chi connectivity index (χ4n) is 4.72. The molecule has 4 aromatic heterocycles. The van der Waals surface area contributed by atoms with Crippen molar-refractivity contribution < 1.29 is 13.9 Å². The van der Waals surface area contributed by atoms with Crippen LogP contribution >= 0.6 is 11.3 Å². The Labute approximate surface area is 218 Å². The molecular formula is C26H29N7O3S. The Bertz CT molecular complexity index is 1400. The van der Waals surface area contributed by atoms with Gasteiger partial charge in [-0.2, -0.15) is 4.98 Å². The lowest BCUT2D eigenvalue weighted by Crippen LogP contribution is -2.36. The summed E-state index contributed by atoms with van der Waals surface area (Å²) in [5.74, 6) is 0.806. The van der Waals surface area contributed by atoms with Crippen molar-refractivity contribution in [3.8, 4) is 11.5 Å². The Morgan fingerprint density at radius 2 is 1.81 bits per heavy atom. The Hall–Kier alpha value is -3.57. The van der Waals surface area contributed by atoms with Gasteiger partial charge in [0.2, 0.25) is 5.89 Å². The van der Waals surface area contributed by atoms with E-state index >= 15 is 0 Å². The van der Waals surface area contributed by atoms with Crippen LogP contribution in [-0.2, 0) is 4.74 Å². The molecule has 0 unspecified atom stereocenters. The molecule has 37 heavy (non-hydrogen) atoms. The van der Waals surface area contributed by atoms with Crippen LogP contribution in [0.25, 0.3) is 21.8 Å². The van der Waals surface area contributed by atoms with Gasteiger partial charge in [-0.1, -0.05) is 24.2 Å². The lowest BCUT2D eigenvalue weighted by Gasteiger charge is -2.25. The van der Waals surface area contributed by atoms with Crippen LogP contribution in [0.1, 0.15) is 41.9 Å². The highest BCUT2D eigenvalue weighted by molar-refractivity contribution is 7.22. The van der Waals surface area contributed by atoms with Crippen LogP contribution in [0.3, 0.4) is 0 Å². The van der Waals surface area contributed by atoms with E-state index in [1.54, 1.807) is 17.5 Å². The molecule has 6 rings (SSSR count). The van der Waals surface area contributed by atoms with Gasteiger partial charge in [0, 0.05) is 43.6 Å². The Balaban J connectivity index is 1.32. The first kappa shape index (κ1) is 23.8. The van der Waals surface area contributed by atoms with E-state index in [1.807, 2.05) is 25.1 Å². The predicted molar refractivity (Wildman–Crippen MR) is 144 cm³/mol. The second-order valence-electron chi connectivity index (χ2n) is 9.36. The fourth-order valence-corrected chi connectivity index (χ4v) is 5.72.